The molecule has 3 N–H and O–H groups in total. The Morgan fingerprint density at radius 2 is 1.96 bits per heavy atom. The van der Waals surface area contributed by atoms with Gasteiger partial charge >= 0.3 is 0 Å². The number of rotatable bonds is 3. The van der Waals surface area contributed by atoms with Crippen LogP contribution in [0.15, 0.2) is 46.9 Å². The minimum Gasteiger partial charge on any atom is -0.372 e. The molecule has 0 radical (unpaired) electrons. The lowest BCUT2D eigenvalue weighted by molar-refractivity contribution is -0.122. The molecule has 0 spiro atoms. The fraction of sp³-hybridized carbons (Fsp3) is 0.176. The first-order valence-corrected chi connectivity index (χ1v) is 8.04. The summed E-state index contributed by atoms with van der Waals surface area (Å²) in [5.74, 6) is -0.427. The van der Waals surface area contributed by atoms with E-state index in [1.54, 1.807) is 0 Å². The number of carbonyl (C=O) groups excluding carboxylic acids is 2. The zero-order chi connectivity index (χ0) is 16.4. The largest absolute Gasteiger partial charge is 0.372 e. The molecule has 0 aromatic heterocycles. The molecule has 0 aliphatic carbocycles. The number of hydrogen-bond acceptors (Lipinski definition) is 3. The number of amides is 2. The summed E-state index contributed by atoms with van der Waals surface area (Å²) in [5, 5.41) is 8.73. The maximum atomic E-state index is 12.2. The van der Waals surface area contributed by atoms with Gasteiger partial charge in [0.2, 0.25) is 11.8 Å². The van der Waals surface area contributed by atoms with Crippen LogP contribution in [0.1, 0.15) is 12.0 Å². The molecule has 118 valence electrons. The topological polar surface area (TPSA) is 70.2 Å². The van der Waals surface area contributed by atoms with Crippen LogP contribution in [-0.2, 0) is 9.59 Å². The van der Waals surface area contributed by atoms with Gasteiger partial charge in [-0.1, -0.05) is 18.2 Å². The van der Waals surface area contributed by atoms with Gasteiger partial charge in [0.15, 0.2) is 0 Å². The number of hydrogen-bond donors (Lipinski definition) is 3. The highest BCUT2D eigenvalue weighted by molar-refractivity contribution is 9.10. The Kier molecular flexibility index (Phi) is 4.34. The molecule has 1 atom stereocenters. The Morgan fingerprint density at radius 1 is 1.22 bits per heavy atom. The average Bonchev–Trinajstić information content (AvgIpc) is 2.51. The second-order valence-electron chi connectivity index (χ2n) is 5.47. The lowest BCUT2D eigenvalue weighted by Gasteiger charge is -2.26. The minimum absolute atomic E-state index is 0.0560. The molecule has 0 saturated heterocycles. The van der Waals surface area contributed by atoms with Crippen LogP contribution >= 0.6 is 15.9 Å². The van der Waals surface area contributed by atoms with Gasteiger partial charge in [0, 0.05) is 4.47 Å². The Bertz CT molecular complexity index is 776. The van der Waals surface area contributed by atoms with Crippen molar-refractivity contribution in [2.75, 3.05) is 16.0 Å². The van der Waals surface area contributed by atoms with E-state index >= 15 is 0 Å². The summed E-state index contributed by atoms with van der Waals surface area (Å²) < 4.78 is 0.817. The lowest BCUT2D eigenvalue weighted by Crippen LogP contribution is -2.41. The van der Waals surface area contributed by atoms with Gasteiger partial charge in [-0.15, -0.1) is 0 Å². The van der Waals surface area contributed by atoms with Crippen LogP contribution in [0, 0.1) is 6.92 Å². The molecule has 2 amide bonds. The number of nitrogens with one attached hydrogen (secondary N) is 3. The number of benzene rings is 2. The molecule has 5 nitrogen and oxygen atoms in total. The van der Waals surface area contributed by atoms with Gasteiger partial charge in [0.05, 0.1) is 23.5 Å². The third-order valence-electron chi connectivity index (χ3n) is 3.62. The van der Waals surface area contributed by atoms with Crippen LogP contribution < -0.4 is 16.0 Å². The third kappa shape index (κ3) is 3.53. The predicted octanol–water partition coefficient (Wildman–Crippen LogP) is 3.52. The predicted molar refractivity (Wildman–Crippen MR) is 94.6 cm³/mol. The molecule has 0 saturated carbocycles. The van der Waals surface area contributed by atoms with E-state index in [1.807, 2.05) is 49.4 Å². The molecule has 1 aliphatic heterocycles. The summed E-state index contributed by atoms with van der Waals surface area (Å²) in [6.45, 7) is 1.98. The fourth-order valence-corrected chi connectivity index (χ4v) is 3.04. The first kappa shape index (κ1) is 15.6. The number of anilines is 3. The average molecular weight is 374 g/mol. The summed E-state index contributed by atoms with van der Waals surface area (Å²) in [4.78, 5) is 24.3. The number of halogens is 1. The molecular weight excluding hydrogens is 358 g/mol. The third-order valence-corrected chi connectivity index (χ3v) is 4.28. The highest BCUT2D eigenvalue weighted by atomic mass is 79.9. The van der Waals surface area contributed by atoms with Gasteiger partial charge in [0.25, 0.3) is 0 Å². The van der Waals surface area contributed by atoms with Gasteiger partial charge in [-0.05, 0) is 52.7 Å². The molecular formula is C17H16BrN3O2. The summed E-state index contributed by atoms with van der Waals surface area (Å²) in [5.41, 5.74) is 3.34. The zero-order valence-corrected chi connectivity index (χ0v) is 14.1. The fourth-order valence-electron chi connectivity index (χ4n) is 2.44. The Labute approximate surface area is 142 Å². The maximum Gasteiger partial charge on any atom is 0.247 e. The monoisotopic (exact) mass is 373 g/mol. The molecule has 1 aliphatic rings. The Balaban J connectivity index is 1.67. The Hall–Kier alpha value is -2.34. The van der Waals surface area contributed by atoms with E-state index in [0.717, 1.165) is 21.4 Å². The van der Waals surface area contributed by atoms with E-state index in [9.17, 15) is 9.59 Å². The zero-order valence-electron chi connectivity index (χ0n) is 12.5. The van der Waals surface area contributed by atoms with Gasteiger partial charge in [0.1, 0.15) is 6.04 Å². The van der Waals surface area contributed by atoms with Crippen LogP contribution in [0.4, 0.5) is 17.1 Å². The van der Waals surface area contributed by atoms with Crippen molar-refractivity contribution in [3.63, 3.8) is 0 Å². The molecule has 0 fully saturated rings. The van der Waals surface area contributed by atoms with E-state index < -0.39 is 6.04 Å². The quantitative estimate of drug-likeness (QED) is 0.770. The van der Waals surface area contributed by atoms with E-state index in [-0.39, 0.29) is 18.2 Å². The first-order valence-electron chi connectivity index (χ1n) is 7.25. The van der Waals surface area contributed by atoms with Crippen LogP contribution in [0.25, 0.3) is 0 Å². The minimum atomic E-state index is -0.589. The highest BCUT2D eigenvalue weighted by Gasteiger charge is 2.27. The van der Waals surface area contributed by atoms with Gasteiger partial charge in [-0.2, -0.15) is 0 Å². The van der Waals surface area contributed by atoms with Crippen molar-refractivity contribution in [2.45, 2.75) is 19.4 Å². The normalized spacial score (nSPS) is 16.1. The highest BCUT2D eigenvalue weighted by Crippen LogP contribution is 2.27. The van der Waals surface area contributed by atoms with E-state index in [4.69, 9.17) is 0 Å². The first-order chi connectivity index (χ1) is 11.0. The molecule has 0 bridgehead atoms. The van der Waals surface area contributed by atoms with E-state index in [2.05, 4.69) is 31.9 Å². The summed E-state index contributed by atoms with van der Waals surface area (Å²) in [6, 6.07) is 12.5. The van der Waals surface area contributed by atoms with Crippen LogP contribution in [0.5, 0.6) is 0 Å². The molecule has 6 heteroatoms. The smallest absolute Gasteiger partial charge is 0.247 e. The van der Waals surface area contributed by atoms with E-state index in [1.165, 1.54) is 0 Å². The molecule has 3 rings (SSSR count). The van der Waals surface area contributed by atoms with Crippen molar-refractivity contribution in [1.29, 1.82) is 0 Å². The van der Waals surface area contributed by atoms with Crippen LogP contribution in [0.2, 0.25) is 0 Å². The van der Waals surface area contributed by atoms with Crippen molar-refractivity contribution in [2.24, 2.45) is 0 Å². The molecule has 1 unspecified atom stereocenters. The van der Waals surface area contributed by atoms with Crippen LogP contribution in [-0.4, -0.2) is 17.9 Å². The molecule has 23 heavy (non-hydrogen) atoms. The summed E-state index contributed by atoms with van der Waals surface area (Å²) in [7, 11) is 0. The summed E-state index contributed by atoms with van der Waals surface area (Å²) in [6.07, 6.45) is 0.0560. The molecule has 2 aromatic carbocycles. The molecule has 2 aromatic rings. The Morgan fingerprint density at radius 3 is 2.70 bits per heavy atom. The standard InChI is InChI=1S/C17H16BrN3O2/c1-10-6-7-12(11(18)8-10)20-16(22)9-15-17(23)21-14-5-3-2-4-13(14)19-15/h2-8,15,19H,9H2,1H3,(H,20,22)(H,21,23). The second kappa shape index (κ2) is 6.42. The van der Waals surface area contributed by atoms with Crippen molar-refractivity contribution >= 4 is 44.8 Å². The number of aryl methyl sites for hydroxylation is 1. The van der Waals surface area contributed by atoms with Crippen molar-refractivity contribution in [3.8, 4) is 0 Å². The maximum absolute atomic E-state index is 12.2. The van der Waals surface area contributed by atoms with Crippen molar-refractivity contribution in [3.05, 3.63) is 52.5 Å². The van der Waals surface area contributed by atoms with Gasteiger partial charge in [-0.25, -0.2) is 0 Å². The number of para-hydroxylation sites is 2. The molecule has 1 heterocycles. The number of fused-ring (bicyclic) bond motifs is 1. The van der Waals surface area contributed by atoms with E-state index in [0.29, 0.717) is 5.69 Å². The van der Waals surface area contributed by atoms with Gasteiger partial charge in [-0.3, -0.25) is 9.59 Å². The van der Waals surface area contributed by atoms with Gasteiger partial charge < -0.3 is 16.0 Å². The van der Waals surface area contributed by atoms with Crippen LogP contribution in [0.3, 0.4) is 0 Å². The SMILES string of the molecule is Cc1ccc(NC(=O)CC2Nc3ccccc3NC2=O)c(Br)c1. The second-order valence-corrected chi connectivity index (χ2v) is 6.32. The lowest BCUT2D eigenvalue weighted by atomic mass is 10.1. The van der Waals surface area contributed by atoms with Crippen molar-refractivity contribution in [1.82, 2.24) is 0 Å². The van der Waals surface area contributed by atoms with Crippen molar-refractivity contribution < 1.29 is 9.59 Å². The number of carbonyl (C=O) groups is 2. The summed E-state index contributed by atoms with van der Waals surface area (Å²) >= 11 is 3.42.